The van der Waals surface area contributed by atoms with Crippen molar-refractivity contribution in [3.63, 3.8) is 0 Å². The molecule has 0 spiro atoms. The fraction of sp³-hybridized carbons (Fsp3) is 0.941. The Bertz CT molecular complexity index is 332. The van der Waals surface area contributed by atoms with E-state index in [1.165, 1.54) is 58.0 Å². The highest BCUT2D eigenvalue weighted by Gasteiger charge is 2.31. The van der Waals surface area contributed by atoms with Crippen molar-refractivity contribution in [2.24, 2.45) is 16.3 Å². The van der Waals surface area contributed by atoms with Gasteiger partial charge in [0.2, 0.25) is 0 Å². The first kappa shape index (κ1) is 20.0. The third kappa shape index (κ3) is 5.87. The quantitative estimate of drug-likeness (QED) is 0.407. The minimum absolute atomic E-state index is 0. The topological polar surface area (TPSA) is 39.7 Å². The number of aliphatic imine (C=N–C) groups is 1. The SMILES string of the molecule is CCC1(CNC(=NC)NCC2CCN(C)CC2)CCCC1.I. The molecule has 1 saturated carbocycles. The highest BCUT2D eigenvalue weighted by Crippen LogP contribution is 2.40. The van der Waals surface area contributed by atoms with E-state index in [-0.39, 0.29) is 24.0 Å². The van der Waals surface area contributed by atoms with Crippen molar-refractivity contribution in [1.29, 1.82) is 0 Å². The molecule has 0 aromatic rings. The number of rotatable bonds is 5. The lowest BCUT2D eigenvalue weighted by atomic mass is 9.83. The molecular weight excluding hydrogens is 387 g/mol. The lowest BCUT2D eigenvalue weighted by Gasteiger charge is -2.31. The van der Waals surface area contributed by atoms with Gasteiger partial charge in [0, 0.05) is 20.1 Å². The summed E-state index contributed by atoms with van der Waals surface area (Å²) in [5.41, 5.74) is 0.519. The Morgan fingerprint density at radius 1 is 1.18 bits per heavy atom. The van der Waals surface area contributed by atoms with Crippen LogP contribution in [0.15, 0.2) is 4.99 Å². The molecular formula is C17H35IN4. The van der Waals surface area contributed by atoms with Crippen LogP contribution in [0.4, 0.5) is 0 Å². The molecule has 1 aliphatic carbocycles. The predicted octanol–water partition coefficient (Wildman–Crippen LogP) is 3.08. The summed E-state index contributed by atoms with van der Waals surface area (Å²) in [6.45, 7) is 6.94. The second-order valence-corrected chi connectivity index (χ2v) is 7.11. The van der Waals surface area contributed by atoms with E-state index in [0.717, 1.165) is 25.0 Å². The molecule has 2 rings (SSSR count). The molecule has 22 heavy (non-hydrogen) atoms. The number of guanidine groups is 1. The van der Waals surface area contributed by atoms with E-state index in [9.17, 15) is 0 Å². The van der Waals surface area contributed by atoms with Gasteiger partial charge in [-0.3, -0.25) is 4.99 Å². The van der Waals surface area contributed by atoms with E-state index >= 15 is 0 Å². The van der Waals surface area contributed by atoms with Crippen LogP contribution in [-0.2, 0) is 0 Å². The Balaban J connectivity index is 0.00000242. The standard InChI is InChI=1S/C17H34N4.HI/c1-4-17(9-5-6-10-17)14-20-16(18-2)19-13-15-7-11-21(3)12-8-15;/h15H,4-14H2,1-3H3,(H2,18,19,20);1H. The van der Waals surface area contributed by atoms with Crippen molar-refractivity contribution < 1.29 is 0 Å². The molecule has 1 heterocycles. The van der Waals surface area contributed by atoms with E-state index in [1.807, 2.05) is 7.05 Å². The molecule has 2 N–H and O–H groups in total. The van der Waals surface area contributed by atoms with Crippen LogP contribution in [0.5, 0.6) is 0 Å². The van der Waals surface area contributed by atoms with Gasteiger partial charge >= 0.3 is 0 Å². The highest BCUT2D eigenvalue weighted by atomic mass is 127. The lowest BCUT2D eigenvalue weighted by molar-refractivity contribution is 0.219. The molecule has 1 aliphatic heterocycles. The fourth-order valence-corrected chi connectivity index (χ4v) is 3.78. The zero-order valence-corrected chi connectivity index (χ0v) is 17.0. The van der Waals surface area contributed by atoms with Crippen molar-refractivity contribution in [1.82, 2.24) is 15.5 Å². The van der Waals surface area contributed by atoms with Crippen LogP contribution in [0.3, 0.4) is 0 Å². The maximum atomic E-state index is 4.40. The van der Waals surface area contributed by atoms with Gasteiger partial charge in [-0.25, -0.2) is 0 Å². The zero-order chi connectivity index (χ0) is 15.1. The molecule has 0 aromatic carbocycles. The summed E-state index contributed by atoms with van der Waals surface area (Å²) >= 11 is 0. The second kappa shape index (κ2) is 9.96. The zero-order valence-electron chi connectivity index (χ0n) is 14.7. The summed E-state index contributed by atoms with van der Waals surface area (Å²) in [6, 6.07) is 0. The second-order valence-electron chi connectivity index (χ2n) is 7.11. The van der Waals surface area contributed by atoms with Crippen molar-refractivity contribution in [2.45, 2.75) is 51.9 Å². The van der Waals surface area contributed by atoms with Gasteiger partial charge in [0.25, 0.3) is 0 Å². The van der Waals surface area contributed by atoms with Crippen molar-refractivity contribution >= 4 is 29.9 Å². The van der Waals surface area contributed by atoms with Gasteiger partial charge in [0.15, 0.2) is 5.96 Å². The Hall–Kier alpha value is -0.0400. The van der Waals surface area contributed by atoms with Crippen LogP contribution in [0.25, 0.3) is 0 Å². The molecule has 5 heteroatoms. The number of nitrogens with one attached hydrogen (secondary N) is 2. The number of piperidine rings is 1. The molecule has 2 aliphatic rings. The smallest absolute Gasteiger partial charge is 0.191 e. The van der Waals surface area contributed by atoms with Crippen LogP contribution < -0.4 is 10.6 Å². The molecule has 0 bridgehead atoms. The fourth-order valence-electron chi connectivity index (χ4n) is 3.78. The normalized spacial score (nSPS) is 23.1. The Morgan fingerprint density at radius 3 is 2.36 bits per heavy atom. The molecule has 2 fully saturated rings. The number of halogens is 1. The van der Waals surface area contributed by atoms with Gasteiger partial charge in [-0.2, -0.15) is 0 Å². The van der Waals surface area contributed by atoms with E-state index in [0.29, 0.717) is 5.41 Å². The largest absolute Gasteiger partial charge is 0.356 e. The minimum atomic E-state index is 0. The first-order valence-electron chi connectivity index (χ1n) is 8.80. The first-order chi connectivity index (χ1) is 10.2. The minimum Gasteiger partial charge on any atom is -0.356 e. The number of hydrogen-bond donors (Lipinski definition) is 2. The van der Waals surface area contributed by atoms with E-state index in [2.05, 4.69) is 34.5 Å². The molecule has 0 amide bonds. The molecule has 4 nitrogen and oxygen atoms in total. The van der Waals surface area contributed by atoms with E-state index < -0.39 is 0 Å². The summed E-state index contributed by atoms with van der Waals surface area (Å²) in [7, 11) is 4.10. The predicted molar refractivity (Wildman–Crippen MR) is 106 cm³/mol. The molecule has 0 unspecified atom stereocenters. The van der Waals surface area contributed by atoms with Crippen LogP contribution >= 0.6 is 24.0 Å². The number of likely N-dealkylation sites (tertiary alicyclic amines) is 1. The summed E-state index contributed by atoms with van der Waals surface area (Å²) < 4.78 is 0. The number of nitrogens with zero attached hydrogens (tertiary/aromatic N) is 2. The molecule has 130 valence electrons. The third-order valence-corrected chi connectivity index (χ3v) is 5.66. The van der Waals surface area contributed by atoms with Gasteiger partial charge in [-0.15, -0.1) is 24.0 Å². The van der Waals surface area contributed by atoms with Gasteiger partial charge in [0.05, 0.1) is 0 Å². The summed E-state index contributed by atoms with van der Waals surface area (Å²) in [4.78, 5) is 6.82. The van der Waals surface area contributed by atoms with Gasteiger partial charge in [0.1, 0.15) is 0 Å². The third-order valence-electron chi connectivity index (χ3n) is 5.66. The Labute approximate surface area is 153 Å². The van der Waals surface area contributed by atoms with Crippen molar-refractivity contribution in [3.8, 4) is 0 Å². The van der Waals surface area contributed by atoms with E-state index in [1.54, 1.807) is 0 Å². The summed E-state index contributed by atoms with van der Waals surface area (Å²) in [5.74, 6) is 1.79. The summed E-state index contributed by atoms with van der Waals surface area (Å²) in [6.07, 6.45) is 9.45. The van der Waals surface area contributed by atoms with Gasteiger partial charge in [-0.05, 0) is 63.6 Å². The van der Waals surface area contributed by atoms with E-state index in [4.69, 9.17) is 0 Å². The average Bonchev–Trinajstić information content (AvgIpc) is 2.99. The average molecular weight is 422 g/mol. The molecule has 0 radical (unpaired) electrons. The van der Waals surface area contributed by atoms with Crippen LogP contribution in [-0.4, -0.2) is 51.1 Å². The number of hydrogen-bond acceptors (Lipinski definition) is 2. The monoisotopic (exact) mass is 422 g/mol. The maximum absolute atomic E-state index is 4.40. The van der Waals surface area contributed by atoms with Gasteiger partial charge in [-0.1, -0.05) is 19.8 Å². The Kier molecular flexibility index (Phi) is 9.05. The molecule has 0 aromatic heterocycles. The maximum Gasteiger partial charge on any atom is 0.191 e. The van der Waals surface area contributed by atoms with Crippen LogP contribution in [0, 0.1) is 11.3 Å². The van der Waals surface area contributed by atoms with Crippen molar-refractivity contribution in [2.75, 3.05) is 40.3 Å². The van der Waals surface area contributed by atoms with Gasteiger partial charge < -0.3 is 15.5 Å². The Morgan fingerprint density at radius 2 is 1.82 bits per heavy atom. The van der Waals surface area contributed by atoms with Crippen molar-refractivity contribution in [3.05, 3.63) is 0 Å². The highest BCUT2D eigenvalue weighted by molar-refractivity contribution is 14.0. The lowest BCUT2D eigenvalue weighted by Crippen LogP contribution is -2.45. The molecule has 0 atom stereocenters. The summed E-state index contributed by atoms with van der Waals surface area (Å²) in [5, 5.41) is 7.12. The first-order valence-corrected chi connectivity index (χ1v) is 8.80. The molecule has 1 saturated heterocycles. The van der Waals surface area contributed by atoms with Crippen LogP contribution in [0.1, 0.15) is 51.9 Å². The van der Waals surface area contributed by atoms with Crippen LogP contribution in [0.2, 0.25) is 0 Å².